The van der Waals surface area contributed by atoms with Crippen molar-refractivity contribution in [3.63, 3.8) is 0 Å². The fourth-order valence-corrected chi connectivity index (χ4v) is 2.84. The van der Waals surface area contributed by atoms with E-state index in [0.29, 0.717) is 17.6 Å². The van der Waals surface area contributed by atoms with Crippen LogP contribution in [0.25, 0.3) is 0 Å². The van der Waals surface area contributed by atoms with E-state index in [0.717, 1.165) is 23.8 Å². The Balaban J connectivity index is 1.83. The van der Waals surface area contributed by atoms with Crippen LogP contribution in [0.3, 0.4) is 0 Å². The maximum absolute atomic E-state index is 5.83. The maximum atomic E-state index is 5.83. The van der Waals surface area contributed by atoms with E-state index < -0.39 is 0 Å². The van der Waals surface area contributed by atoms with Crippen molar-refractivity contribution in [3.8, 4) is 5.75 Å². The van der Waals surface area contributed by atoms with Crippen molar-refractivity contribution in [2.45, 2.75) is 32.7 Å². The molecule has 0 bridgehead atoms. The van der Waals surface area contributed by atoms with Crippen LogP contribution in [0.2, 0.25) is 0 Å². The molecular formula is C16H24N2OS. The lowest BCUT2D eigenvalue weighted by molar-refractivity contribution is 0.105. The van der Waals surface area contributed by atoms with E-state index in [2.05, 4.69) is 18.7 Å². The number of likely N-dealkylation sites (tertiary alicyclic amines) is 1. The highest BCUT2D eigenvalue weighted by atomic mass is 32.1. The van der Waals surface area contributed by atoms with Crippen LogP contribution in [0.5, 0.6) is 5.75 Å². The summed E-state index contributed by atoms with van der Waals surface area (Å²) in [6.45, 7) is 7.49. The highest BCUT2D eigenvalue weighted by Gasteiger charge is 2.22. The molecule has 2 rings (SSSR count). The van der Waals surface area contributed by atoms with Gasteiger partial charge in [0.1, 0.15) is 17.3 Å². The van der Waals surface area contributed by atoms with Crippen molar-refractivity contribution in [3.05, 3.63) is 29.8 Å². The summed E-state index contributed by atoms with van der Waals surface area (Å²) >= 11 is 4.98. The van der Waals surface area contributed by atoms with Crippen LogP contribution < -0.4 is 10.5 Å². The first-order valence-corrected chi connectivity index (χ1v) is 7.74. The Kier molecular flexibility index (Phi) is 5.38. The van der Waals surface area contributed by atoms with E-state index in [-0.39, 0.29) is 0 Å². The molecule has 0 saturated carbocycles. The number of thiocarbonyl (C=S) groups is 1. The Labute approximate surface area is 127 Å². The molecule has 3 nitrogen and oxygen atoms in total. The van der Waals surface area contributed by atoms with Crippen LogP contribution in [0, 0.1) is 5.92 Å². The normalized spacial score (nSPS) is 23.5. The molecule has 1 fully saturated rings. The van der Waals surface area contributed by atoms with Gasteiger partial charge in [-0.2, -0.15) is 0 Å². The molecule has 1 aliphatic heterocycles. The van der Waals surface area contributed by atoms with E-state index in [1.165, 1.54) is 19.4 Å². The largest absolute Gasteiger partial charge is 0.492 e. The highest BCUT2D eigenvalue weighted by Crippen LogP contribution is 2.21. The van der Waals surface area contributed by atoms with E-state index >= 15 is 0 Å². The molecule has 0 radical (unpaired) electrons. The minimum Gasteiger partial charge on any atom is -0.492 e. The molecule has 0 amide bonds. The number of benzene rings is 1. The summed E-state index contributed by atoms with van der Waals surface area (Å²) < 4.78 is 5.83. The summed E-state index contributed by atoms with van der Waals surface area (Å²) in [7, 11) is 0. The van der Waals surface area contributed by atoms with Crippen molar-refractivity contribution in [2.75, 3.05) is 19.7 Å². The van der Waals surface area contributed by atoms with Crippen molar-refractivity contribution < 1.29 is 4.74 Å². The van der Waals surface area contributed by atoms with E-state index in [4.69, 9.17) is 22.7 Å². The van der Waals surface area contributed by atoms with Crippen LogP contribution in [0.15, 0.2) is 24.3 Å². The molecule has 2 atom stereocenters. The van der Waals surface area contributed by atoms with Crippen molar-refractivity contribution in [1.29, 1.82) is 0 Å². The topological polar surface area (TPSA) is 38.5 Å². The van der Waals surface area contributed by atoms with Gasteiger partial charge in [-0.25, -0.2) is 0 Å². The maximum Gasteiger partial charge on any atom is 0.120 e. The smallest absolute Gasteiger partial charge is 0.120 e. The van der Waals surface area contributed by atoms with Gasteiger partial charge >= 0.3 is 0 Å². The first-order chi connectivity index (χ1) is 9.56. The molecule has 4 heteroatoms. The zero-order valence-corrected chi connectivity index (χ0v) is 13.2. The number of hydrogen-bond donors (Lipinski definition) is 1. The minimum atomic E-state index is 0.411. The molecule has 2 unspecified atom stereocenters. The summed E-state index contributed by atoms with van der Waals surface area (Å²) in [6.07, 6.45) is 2.63. The Hall–Kier alpha value is -1.13. The SMILES string of the molecule is CC1CCC(C)N(CCOc2cccc(C(N)=S)c2)C1. The van der Waals surface area contributed by atoms with Gasteiger partial charge in [-0.1, -0.05) is 31.3 Å². The number of ether oxygens (including phenoxy) is 1. The fraction of sp³-hybridized carbons (Fsp3) is 0.562. The average molecular weight is 292 g/mol. The summed E-state index contributed by atoms with van der Waals surface area (Å²) in [5.41, 5.74) is 6.49. The molecule has 0 aromatic heterocycles. The number of piperidine rings is 1. The van der Waals surface area contributed by atoms with Crippen LogP contribution >= 0.6 is 12.2 Å². The number of rotatable bonds is 5. The Morgan fingerprint density at radius 2 is 2.20 bits per heavy atom. The Morgan fingerprint density at radius 1 is 1.40 bits per heavy atom. The standard InChI is InChI=1S/C16H24N2OS/c1-12-6-7-13(2)18(11-12)8-9-19-15-5-3-4-14(10-15)16(17)20/h3-5,10,12-13H,6-9,11H2,1-2H3,(H2,17,20). The van der Waals surface area contributed by atoms with Gasteiger partial charge in [0.05, 0.1) is 0 Å². The third-order valence-electron chi connectivity index (χ3n) is 4.01. The molecule has 1 saturated heterocycles. The molecule has 1 aromatic carbocycles. The van der Waals surface area contributed by atoms with Gasteiger partial charge in [0.25, 0.3) is 0 Å². The first kappa shape index (κ1) is 15.3. The molecule has 1 aromatic rings. The predicted octanol–water partition coefficient (Wildman–Crippen LogP) is 2.82. The molecule has 110 valence electrons. The summed E-state index contributed by atoms with van der Waals surface area (Å²) in [4.78, 5) is 2.93. The quantitative estimate of drug-likeness (QED) is 0.847. The monoisotopic (exact) mass is 292 g/mol. The van der Waals surface area contributed by atoms with Gasteiger partial charge in [-0.15, -0.1) is 0 Å². The summed E-state index contributed by atoms with van der Waals surface area (Å²) in [5.74, 6) is 1.64. The van der Waals surface area contributed by atoms with Gasteiger partial charge < -0.3 is 10.5 Å². The average Bonchev–Trinajstić information content (AvgIpc) is 2.43. The molecular weight excluding hydrogens is 268 g/mol. The fourth-order valence-electron chi connectivity index (χ4n) is 2.71. The Morgan fingerprint density at radius 3 is 2.95 bits per heavy atom. The number of nitrogens with zero attached hydrogens (tertiary/aromatic N) is 1. The molecule has 1 heterocycles. The van der Waals surface area contributed by atoms with E-state index in [1.807, 2.05) is 24.3 Å². The summed E-state index contributed by atoms with van der Waals surface area (Å²) in [6, 6.07) is 8.35. The second kappa shape index (κ2) is 7.04. The molecule has 0 aliphatic carbocycles. The van der Waals surface area contributed by atoms with Gasteiger partial charge in [-0.05, 0) is 37.8 Å². The Bertz CT molecular complexity index is 464. The van der Waals surface area contributed by atoms with Gasteiger partial charge in [0, 0.05) is 24.7 Å². The van der Waals surface area contributed by atoms with Crippen molar-refractivity contribution in [2.24, 2.45) is 11.7 Å². The van der Waals surface area contributed by atoms with Gasteiger partial charge in [0.2, 0.25) is 0 Å². The number of nitrogens with two attached hydrogens (primary N) is 1. The minimum absolute atomic E-state index is 0.411. The first-order valence-electron chi connectivity index (χ1n) is 7.33. The van der Waals surface area contributed by atoms with Crippen LogP contribution in [0.1, 0.15) is 32.3 Å². The highest BCUT2D eigenvalue weighted by molar-refractivity contribution is 7.80. The number of hydrogen-bond acceptors (Lipinski definition) is 3. The third-order valence-corrected chi connectivity index (χ3v) is 4.25. The van der Waals surface area contributed by atoms with Crippen LogP contribution in [-0.4, -0.2) is 35.6 Å². The molecule has 1 aliphatic rings. The van der Waals surface area contributed by atoms with E-state index in [9.17, 15) is 0 Å². The molecule has 2 N–H and O–H groups in total. The second-order valence-electron chi connectivity index (χ2n) is 5.77. The second-order valence-corrected chi connectivity index (χ2v) is 6.21. The van der Waals surface area contributed by atoms with Crippen molar-refractivity contribution >= 4 is 17.2 Å². The van der Waals surface area contributed by atoms with Crippen LogP contribution in [0.4, 0.5) is 0 Å². The van der Waals surface area contributed by atoms with E-state index in [1.54, 1.807) is 0 Å². The lowest BCUT2D eigenvalue weighted by Gasteiger charge is -2.36. The van der Waals surface area contributed by atoms with Gasteiger partial charge in [-0.3, -0.25) is 4.90 Å². The van der Waals surface area contributed by atoms with Crippen molar-refractivity contribution in [1.82, 2.24) is 4.90 Å². The summed E-state index contributed by atoms with van der Waals surface area (Å²) in [5, 5.41) is 0. The van der Waals surface area contributed by atoms with Gasteiger partial charge in [0.15, 0.2) is 0 Å². The molecule has 0 spiro atoms. The zero-order chi connectivity index (χ0) is 14.5. The predicted molar refractivity (Wildman–Crippen MR) is 87.3 cm³/mol. The lowest BCUT2D eigenvalue weighted by atomic mass is 9.95. The zero-order valence-electron chi connectivity index (χ0n) is 12.3. The molecule has 20 heavy (non-hydrogen) atoms. The third kappa shape index (κ3) is 4.18. The van der Waals surface area contributed by atoms with Crippen LogP contribution in [-0.2, 0) is 0 Å². The lowest BCUT2D eigenvalue weighted by Crippen LogP contribution is -2.43.